The smallest absolute Gasteiger partial charge is 0.264 e. The van der Waals surface area contributed by atoms with Gasteiger partial charge >= 0.3 is 0 Å². The second-order valence-electron chi connectivity index (χ2n) is 8.29. The summed E-state index contributed by atoms with van der Waals surface area (Å²) >= 11 is 0. The van der Waals surface area contributed by atoms with E-state index in [4.69, 9.17) is 4.74 Å². The molecule has 0 aliphatic heterocycles. The van der Waals surface area contributed by atoms with Gasteiger partial charge in [-0.05, 0) is 60.2 Å². The van der Waals surface area contributed by atoms with Crippen molar-refractivity contribution in [1.82, 2.24) is 9.97 Å². The maximum atomic E-state index is 12.7. The van der Waals surface area contributed by atoms with Gasteiger partial charge in [0, 0.05) is 18.1 Å². The standard InChI is InChI=1S/C26H25N5O6S2/c1-38(33,34)31(22-10-12-23(13-11-22)37-19-20-6-3-2-4-7-20)18-25(32)29-21-8-14-24(15-9-21)39(35,36)30-26-27-16-5-17-28-26/h2-17H,18-19H2,1H3,(H,29,32)(H,27,28,30). The lowest BCUT2D eigenvalue weighted by Gasteiger charge is -2.22. The minimum Gasteiger partial charge on any atom is -0.489 e. The number of carbonyl (C=O) groups is 1. The van der Waals surface area contributed by atoms with Crippen molar-refractivity contribution in [3.63, 3.8) is 0 Å². The predicted molar refractivity (Wildman–Crippen MR) is 147 cm³/mol. The number of hydrogen-bond donors (Lipinski definition) is 2. The summed E-state index contributed by atoms with van der Waals surface area (Å²) in [6.07, 6.45) is 3.80. The molecule has 0 bridgehead atoms. The van der Waals surface area contributed by atoms with E-state index in [-0.39, 0.29) is 22.2 Å². The van der Waals surface area contributed by atoms with Gasteiger partial charge in [-0.3, -0.25) is 9.10 Å². The summed E-state index contributed by atoms with van der Waals surface area (Å²) in [4.78, 5) is 20.3. The van der Waals surface area contributed by atoms with Crippen LogP contribution in [0, 0.1) is 0 Å². The molecule has 0 radical (unpaired) electrons. The van der Waals surface area contributed by atoms with Crippen LogP contribution in [0.25, 0.3) is 0 Å². The predicted octanol–water partition coefficient (Wildman–Crippen LogP) is 3.26. The number of aromatic nitrogens is 2. The van der Waals surface area contributed by atoms with Crippen molar-refractivity contribution in [2.24, 2.45) is 0 Å². The van der Waals surface area contributed by atoms with E-state index in [2.05, 4.69) is 20.0 Å². The molecule has 1 heterocycles. The molecule has 1 aromatic heterocycles. The molecular formula is C26H25N5O6S2. The SMILES string of the molecule is CS(=O)(=O)N(CC(=O)Nc1ccc(S(=O)(=O)Nc2ncccn2)cc1)c1ccc(OCc2ccccc2)cc1. The molecule has 13 heteroatoms. The molecule has 3 aromatic carbocycles. The molecule has 2 N–H and O–H groups in total. The number of carbonyl (C=O) groups excluding carboxylic acids is 1. The first-order valence-corrected chi connectivity index (χ1v) is 14.9. The Bertz CT molecular complexity index is 1620. The van der Waals surface area contributed by atoms with Crippen LogP contribution >= 0.6 is 0 Å². The Morgan fingerprint density at radius 3 is 2.10 bits per heavy atom. The highest BCUT2D eigenvalue weighted by molar-refractivity contribution is 7.92. The van der Waals surface area contributed by atoms with Crippen LogP contribution in [0.3, 0.4) is 0 Å². The first-order valence-electron chi connectivity index (χ1n) is 11.5. The fourth-order valence-electron chi connectivity index (χ4n) is 3.43. The largest absolute Gasteiger partial charge is 0.489 e. The molecule has 0 saturated carbocycles. The second kappa shape index (κ2) is 11.9. The van der Waals surface area contributed by atoms with Crippen LogP contribution in [0.15, 0.2) is 102 Å². The van der Waals surface area contributed by atoms with Crippen molar-refractivity contribution in [2.75, 3.05) is 27.1 Å². The molecule has 4 rings (SSSR count). The minimum atomic E-state index is -3.94. The van der Waals surface area contributed by atoms with E-state index >= 15 is 0 Å². The normalized spacial score (nSPS) is 11.4. The van der Waals surface area contributed by atoms with Crippen LogP contribution < -0.4 is 19.1 Å². The molecule has 1 amide bonds. The second-order valence-corrected chi connectivity index (χ2v) is 11.9. The number of amides is 1. The molecule has 202 valence electrons. The summed E-state index contributed by atoms with van der Waals surface area (Å²) in [7, 11) is -7.74. The lowest BCUT2D eigenvalue weighted by atomic mass is 10.2. The number of nitrogens with zero attached hydrogens (tertiary/aromatic N) is 3. The Hall–Kier alpha value is -4.49. The van der Waals surface area contributed by atoms with Crippen molar-refractivity contribution >= 4 is 43.3 Å². The van der Waals surface area contributed by atoms with Crippen LogP contribution in [0.2, 0.25) is 0 Å². The van der Waals surface area contributed by atoms with Gasteiger partial charge < -0.3 is 10.1 Å². The molecule has 0 atom stereocenters. The average Bonchev–Trinajstić information content (AvgIpc) is 2.91. The third-order valence-corrected chi connectivity index (χ3v) is 7.79. The molecule has 0 unspecified atom stereocenters. The number of sulfonamides is 2. The van der Waals surface area contributed by atoms with Gasteiger partial charge in [0.05, 0.1) is 16.8 Å². The molecule has 11 nitrogen and oxygen atoms in total. The van der Waals surface area contributed by atoms with E-state index < -0.39 is 32.5 Å². The van der Waals surface area contributed by atoms with Crippen LogP contribution in [-0.4, -0.2) is 45.5 Å². The first-order chi connectivity index (χ1) is 18.6. The van der Waals surface area contributed by atoms with Crippen molar-refractivity contribution in [3.8, 4) is 5.75 Å². The molecule has 0 saturated heterocycles. The van der Waals surface area contributed by atoms with Crippen LogP contribution in [-0.2, 0) is 31.4 Å². The van der Waals surface area contributed by atoms with Gasteiger partial charge in [-0.2, -0.15) is 0 Å². The Morgan fingerprint density at radius 2 is 1.49 bits per heavy atom. The highest BCUT2D eigenvalue weighted by Crippen LogP contribution is 2.23. The zero-order chi connectivity index (χ0) is 27.9. The van der Waals surface area contributed by atoms with Crippen molar-refractivity contribution in [1.29, 1.82) is 0 Å². The third kappa shape index (κ3) is 7.75. The Balaban J connectivity index is 1.39. The topological polar surface area (TPSA) is 148 Å². The van der Waals surface area contributed by atoms with Gasteiger partial charge in [-0.1, -0.05) is 30.3 Å². The van der Waals surface area contributed by atoms with E-state index in [0.29, 0.717) is 12.4 Å². The van der Waals surface area contributed by atoms with E-state index in [0.717, 1.165) is 16.1 Å². The molecule has 0 fully saturated rings. The Kier molecular flexibility index (Phi) is 8.42. The number of nitrogens with one attached hydrogen (secondary N) is 2. The Morgan fingerprint density at radius 1 is 0.846 bits per heavy atom. The van der Waals surface area contributed by atoms with Crippen molar-refractivity contribution < 1.29 is 26.4 Å². The zero-order valence-corrected chi connectivity index (χ0v) is 22.4. The number of rotatable bonds is 11. The van der Waals surface area contributed by atoms with Gasteiger partial charge in [0.15, 0.2) is 0 Å². The Labute approximate surface area is 226 Å². The monoisotopic (exact) mass is 567 g/mol. The zero-order valence-electron chi connectivity index (χ0n) is 20.8. The summed E-state index contributed by atoms with van der Waals surface area (Å²) in [5.41, 5.74) is 1.56. The molecular weight excluding hydrogens is 542 g/mol. The highest BCUT2D eigenvalue weighted by Gasteiger charge is 2.21. The van der Waals surface area contributed by atoms with Crippen LogP contribution in [0.1, 0.15) is 5.56 Å². The van der Waals surface area contributed by atoms with Gasteiger partial charge in [0.1, 0.15) is 18.9 Å². The average molecular weight is 568 g/mol. The van der Waals surface area contributed by atoms with Gasteiger partial charge in [-0.15, -0.1) is 0 Å². The summed E-state index contributed by atoms with van der Waals surface area (Å²) < 4.78 is 58.9. The first kappa shape index (κ1) is 27.5. The number of ether oxygens (including phenoxy) is 1. The van der Waals surface area contributed by atoms with Crippen LogP contribution in [0.4, 0.5) is 17.3 Å². The summed E-state index contributed by atoms with van der Waals surface area (Å²) in [5.74, 6) is -0.147. The summed E-state index contributed by atoms with van der Waals surface area (Å²) in [6.45, 7) is -0.134. The van der Waals surface area contributed by atoms with Gasteiger partial charge in [0.2, 0.25) is 21.9 Å². The lowest BCUT2D eigenvalue weighted by Crippen LogP contribution is -2.37. The summed E-state index contributed by atoms with van der Waals surface area (Å²) in [6, 6.07) is 22.9. The molecule has 39 heavy (non-hydrogen) atoms. The maximum absolute atomic E-state index is 12.7. The van der Waals surface area contributed by atoms with E-state index in [1.807, 2.05) is 30.3 Å². The minimum absolute atomic E-state index is 0.0692. The van der Waals surface area contributed by atoms with Gasteiger partial charge in [-0.25, -0.2) is 31.5 Å². The number of anilines is 3. The third-order valence-electron chi connectivity index (χ3n) is 5.30. The quantitative estimate of drug-likeness (QED) is 0.281. The van der Waals surface area contributed by atoms with Crippen molar-refractivity contribution in [3.05, 3.63) is 103 Å². The van der Waals surface area contributed by atoms with Crippen molar-refractivity contribution in [2.45, 2.75) is 11.5 Å². The highest BCUT2D eigenvalue weighted by atomic mass is 32.2. The number of hydrogen-bond acceptors (Lipinski definition) is 8. The summed E-state index contributed by atoms with van der Waals surface area (Å²) in [5, 5.41) is 2.58. The van der Waals surface area contributed by atoms with E-state index in [9.17, 15) is 21.6 Å². The number of benzene rings is 3. The lowest BCUT2D eigenvalue weighted by molar-refractivity contribution is -0.114. The fourth-order valence-corrected chi connectivity index (χ4v) is 5.24. The molecule has 4 aromatic rings. The molecule has 0 spiro atoms. The van der Waals surface area contributed by atoms with Crippen LogP contribution in [0.5, 0.6) is 5.75 Å². The molecule has 0 aliphatic rings. The van der Waals surface area contributed by atoms with E-state index in [1.54, 1.807) is 30.3 Å². The van der Waals surface area contributed by atoms with Gasteiger partial charge in [0.25, 0.3) is 10.0 Å². The van der Waals surface area contributed by atoms with E-state index in [1.165, 1.54) is 36.7 Å². The fraction of sp³-hybridized carbons (Fsp3) is 0.115. The maximum Gasteiger partial charge on any atom is 0.264 e. The molecule has 0 aliphatic carbocycles.